The van der Waals surface area contributed by atoms with Crippen LogP contribution in [0.2, 0.25) is 0 Å². The van der Waals surface area contributed by atoms with E-state index in [1.165, 1.54) is 30.4 Å². The molecule has 0 spiro atoms. The first-order valence-electron chi connectivity index (χ1n) is 8.25. The molecule has 0 nitrogen and oxygen atoms in total. The van der Waals surface area contributed by atoms with E-state index in [4.69, 9.17) is 0 Å². The highest BCUT2D eigenvalue weighted by Gasteiger charge is 2.46. The van der Waals surface area contributed by atoms with Gasteiger partial charge in [0.2, 0.25) is 0 Å². The topological polar surface area (TPSA) is 0 Å². The first-order valence-corrected chi connectivity index (χ1v) is 8.25. The van der Waals surface area contributed by atoms with Crippen molar-refractivity contribution in [2.24, 2.45) is 5.41 Å². The second kappa shape index (κ2) is 6.47. The van der Waals surface area contributed by atoms with E-state index >= 15 is 0 Å². The lowest BCUT2D eigenvalue weighted by atomic mass is 9.54. The Labute approximate surface area is 130 Å². The van der Waals surface area contributed by atoms with Gasteiger partial charge in [-0.25, -0.2) is 0 Å². The van der Waals surface area contributed by atoms with Crippen molar-refractivity contribution in [3.8, 4) is 0 Å². The summed E-state index contributed by atoms with van der Waals surface area (Å²) in [5.41, 5.74) is 3.20. The molecule has 2 aromatic carbocycles. The molecule has 0 aliphatic heterocycles. The third-order valence-corrected chi connectivity index (χ3v) is 5.79. The zero-order valence-electron chi connectivity index (χ0n) is 13.9. The van der Waals surface area contributed by atoms with E-state index in [0.717, 1.165) is 0 Å². The molecule has 0 fully saturated rings. The van der Waals surface area contributed by atoms with Crippen molar-refractivity contribution in [1.82, 2.24) is 0 Å². The maximum atomic E-state index is 2.44. The van der Waals surface area contributed by atoms with Crippen LogP contribution < -0.4 is 0 Å². The SMILES string of the molecule is CCC(CC)(CC)C(C)(c1ccccc1)c1ccccc1. The first kappa shape index (κ1) is 15.8. The average Bonchev–Trinajstić information content (AvgIpc) is 2.58. The third kappa shape index (κ3) is 2.52. The maximum absolute atomic E-state index is 2.44. The summed E-state index contributed by atoms with van der Waals surface area (Å²) in [5, 5.41) is 0. The molecule has 0 heterocycles. The summed E-state index contributed by atoms with van der Waals surface area (Å²) in [6.45, 7) is 9.47. The van der Waals surface area contributed by atoms with Crippen molar-refractivity contribution in [3.63, 3.8) is 0 Å². The van der Waals surface area contributed by atoms with E-state index < -0.39 is 0 Å². The van der Waals surface area contributed by atoms with Crippen molar-refractivity contribution in [2.45, 2.75) is 52.4 Å². The lowest BCUT2D eigenvalue weighted by molar-refractivity contribution is 0.139. The van der Waals surface area contributed by atoms with E-state index in [1.807, 2.05) is 0 Å². The lowest BCUT2D eigenvalue weighted by Crippen LogP contribution is -2.43. The molecule has 0 saturated carbocycles. The fourth-order valence-corrected chi connectivity index (χ4v) is 4.13. The van der Waals surface area contributed by atoms with Crippen LogP contribution in [0, 0.1) is 5.41 Å². The van der Waals surface area contributed by atoms with Gasteiger partial charge >= 0.3 is 0 Å². The van der Waals surface area contributed by atoms with Crippen LogP contribution in [0.25, 0.3) is 0 Å². The molecule has 0 amide bonds. The monoisotopic (exact) mass is 280 g/mol. The normalized spacial score (nSPS) is 12.4. The second-order valence-electron chi connectivity index (χ2n) is 6.20. The molecule has 0 heteroatoms. The predicted molar refractivity (Wildman–Crippen MR) is 92.6 cm³/mol. The Hall–Kier alpha value is -1.56. The van der Waals surface area contributed by atoms with Crippen LogP contribution in [-0.2, 0) is 5.41 Å². The van der Waals surface area contributed by atoms with Gasteiger partial charge in [0, 0.05) is 5.41 Å². The van der Waals surface area contributed by atoms with Crippen molar-refractivity contribution in [1.29, 1.82) is 0 Å². The van der Waals surface area contributed by atoms with Gasteiger partial charge in [-0.2, -0.15) is 0 Å². The van der Waals surface area contributed by atoms with Crippen molar-refractivity contribution >= 4 is 0 Å². The van der Waals surface area contributed by atoms with Gasteiger partial charge in [0.15, 0.2) is 0 Å². The zero-order valence-corrected chi connectivity index (χ0v) is 13.9. The quantitative estimate of drug-likeness (QED) is 0.590. The standard InChI is InChI=1S/C21H28/c1-5-21(6-2,7-3)20(4,18-14-10-8-11-15-18)19-16-12-9-13-17-19/h8-17H,5-7H2,1-4H3. The van der Waals surface area contributed by atoms with Crippen LogP contribution in [0.3, 0.4) is 0 Å². The molecule has 0 aromatic heterocycles. The molecule has 0 atom stereocenters. The minimum Gasteiger partial charge on any atom is -0.0648 e. The van der Waals surface area contributed by atoms with E-state index in [9.17, 15) is 0 Å². The second-order valence-corrected chi connectivity index (χ2v) is 6.20. The highest BCUT2D eigenvalue weighted by atomic mass is 14.5. The first-order chi connectivity index (χ1) is 10.1. The van der Waals surface area contributed by atoms with Crippen molar-refractivity contribution < 1.29 is 0 Å². The molecule has 0 N–H and O–H groups in total. The van der Waals surface area contributed by atoms with Crippen molar-refractivity contribution in [2.75, 3.05) is 0 Å². The highest BCUT2D eigenvalue weighted by molar-refractivity contribution is 5.41. The fourth-order valence-electron chi connectivity index (χ4n) is 4.13. The minimum atomic E-state index is 0.0494. The summed E-state index contributed by atoms with van der Waals surface area (Å²) in [6, 6.07) is 22.1. The van der Waals surface area contributed by atoms with E-state index in [2.05, 4.69) is 88.4 Å². The largest absolute Gasteiger partial charge is 0.0648 e. The lowest BCUT2D eigenvalue weighted by Gasteiger charge is -2.49. The number of hydrogen-bond donors (Lipinski definition) is 0. The molecule has 0 bridgehead atoms. The van der Waals surface area contributed by atoms with Crippen LogP contribution >= 0.6 is 0 Å². The minimum absolute atomic E-state index is 0.0494. The summed E-state index contributed by atoms with van der Waals surface area (Å²) in [5.74, 6) is 0. The molecule has 0 saturated heterocycles. The van der Waals surface area contributed by atoms with Gasteiger partial charge in [-0.15, -0.1) is 0 Å². The van der Waals surface area contributed by atoms with Gasteiger partial charge < -0.3 is 0 Å². The molecule has 0 unspecified atom stereocenters. The molecule has 0 aliphatic carbocycles. The molecule has 2 aromatic rings. The number of rotatable bonds is 6. The zero-order chi connectivity index (χ0) is 15.3. The Kier molecular flexibility index (Phi) is 4.88. The predicted octanol–water partition coefficient (Wildman–Crippen LogP) is 6.21. The van der Waals surface area contributed by atoms with E-state index in [1.54, 1.807) is 0 Å². The molecule has 0 aliphatic rings. The summed E-state index contributed by atoms with van der Waals surface area (Å²) in [6.07, 6.45) is 3.58. The van der Waals surface area contributed by atoms with Crippen molar-refractivity contribution in [3.05, 3.63) is 71.8 Å². The van der Waals surface area contributed by atoms with Crippen LogP contribution in [0.1, 0.15) is 58.1 Å². The Morgan fingerprint density at radius 3 is 1.24 bits per heavy atom. The van der Waals surface area contributed by atoms with Gasteiger partial charge in [0.25, 0.3) is 0 Å². The van der Waals surface area contributed by atoms with Gasteiger partial charge in [-0.05, 0) is 35.8 Å². The smallest absolute Gasteiger partial charge is 0.0230 e. The summed E-state index contributed by atoms with van der Waals surface area (Å²) >= 11 is 0. The molecule has 2 rings (SSSR count). The van der Waals surface area contributed by atoms with Gasteiger partial charge in [-0.1, -0.05) is 88.4 Å². The molecule has 21 heavy (non-hydrogen) atoms. The van der Waals surface area contributed by atoms with Gasteiger partial charge in [0.05, 0.1) is 0 Å². The third-order valence-electron chi connectivity index (χ3n) is 5.79. The average molecular weight is 280 g/mol. The molecule has 112 valence electrons. The van der Waals surface area contributed by atoms with Crippen LogP contribution in [-0.4, -0.2) is 0 Å². The summed E-state index contributed by atoms with van der Waals surface area (Å²) in [7, 11) is 0. The van der Waals surface area contributed by atoms with Crippen LogP contribution in [0.4, 0.5) is 0 Å². The Morgan fingerprint density at radius 2 is 0.952 bits per heavy atom. The molecular formula is C21H28. The number of hydrogen-bond acceptors (Lipinski definition) is 0. The summed E-state index contributed by atoms with van der Waals surface area (Å²) in [4.78, 5) is 0. The Morgan fingerprint density at radius 1 is 0.619 bits per heavy atom. The van der Waals surface area contributed by atoms with Gasteiger partial charge in [0.1, 0.15) is 0 Å². The van der Waals surface area contributed by atoms with Crippen LogP contribution in [0.15, 0.2) is 60.7 Å². The fraction of sp³-hybridized carbons (Fsp3) is 0.429. The van der Waals surface area contributed by atoms with Gasteiger partial charge in [-0.3, -0.25) is 0 Å². The molecule has 0 radical (unpaired) electrons. The van der Waals surface area contributed by atoms with E-state index in [0.29, 0.717) is 0 Å². The van der Waals surface area contributed by atoms with E-state index in [-0.39, 0.29) is 10.8 Å². The highest BCUT2D eigenvalue weighted by Crippen LogP contribution is 2.53. The molecular weight excluding hydrogens is 252 g/mol. The van der Waals surface area contributed by atoms with Crippen LogP contribution in [0.5, 0.6) is 0 Å². The Balaban J connectivity index is 2.71. The Bertz CT molecular complexity index is 487. The number of benzene rings is 2. The summed E-state index contributed by atoms with van der Waals surface area (Å²) < 4.78 is 0. The maximum Gasteiger partial charge on any atom is 0.0230 e.